The van der Waals surface area contributed by atoms with Crippen LogP contribution in [0.4, 0.5) is 4.39 Å². The predicted molar refractivity (Wildman–Crippen MR) is 82.8 cm³/mol. The SMILES string of the molecule is C[C@H](F)CCS(=O)(=O)NCc1cc(-c2cccc(Cl)c2)on1. The number of hydrogen-bond acceptors (Lipinski definition) is 4. The fourth-order valence-corrected chi connectivity index (χ4v) is 3.08. The minimum absolute atomic E-state index is 0.00688. The van der Waals surface area contributed by atoms with Gasteiger partial charge in [0.2, 0.25) is 10.0 Å². The van der Waals surface area contributed by atoms with Crippen molar-refractivity contribution in [1.82, 2.24) is 9.88 Å². The summed E-state index contributed by atoms with van der Waals surface area (Å²) >= 11 is 5.90. The van der Waals surface area contributed by atoms with Crippen LogP contribution >= 0.6 is 11.6 Å². The van der Waals surface area contributed by atoms with Crippen molar-refractivity contribution in [2.45, 2.75) is 26.1 Å². The molecule has 0 bridgehead atoms. The maximum absolute atomic E-state index is 12.7. The second-order valence-electron chi connectivity index (χ2n) is 4.90. The Morgan fingerprint density at radius 1 is 1.41 bits per heavy atom. The van der Waals surface area contributed by atoms with E-state index >= 15 is 0 Å². The highest BCUT2D eigenvalue weighted by molar-refractivity contribution is 7.89. The monoisotopic (exact) mass is 346 g/mol. The van der Waals surface area contributed by atoms with Crippen LogP contribution in [0.1, 0.15) is 19.0 Å². The lowest BCUT2D eigenvalue weighted by Crippen LogP contribution is -2.27. The van der Waals surface area contributed by atoms with Gasteiger partial charge in [0, 0.05) is 16.7 Å². The molecule has 0 fully saturated rings. The van der Waals surface area contributed by atoms with Crippen LogP contribution in [0.5, 0.6) is 0 Å². The molecule has 2 rings (SSSR count). The van der Waals surface area contributed by atoms with Crippen molar-refractivity contribution in [3.63, 3.8) is 0 Å². The summed E-state index contributed by atoms with van der Waals surface area (Å²) in [5, 5.41) is 4.37. The number of rotatable bonds is 7. The molecule has 0 saturated heterocycles. The molecule has 0 radical (unpaired) electrons. The third kappa shape index (κ3) is 5.08. The van der Waals surface area contributed by atoms with E-state index in [1.165, 1.54) is 6.92 Å². The van der Waals surface area contributed by atoms with E-state index < -0.39 is 16.2 Å². The summed E-state index contributed by atoms with van der Waals surface area (Å²) in [6, 6.07) is 8.68. The Kier molecular flexibility index (Phi) is 5.55. The second kappa shape index (κ2) is 7.21. The minimum Gasteiger partial charge on any atom is -0.356 e. The first-order valence-corrected chi connectivity index (χ1v) is 8.72. The zero-order valence-electron chi connectivity index (χ0n) is 11.9. The Balaban J connectivity index is 1.98. The number of aromatic nitrogens is 1. The van der Waals surface area contributed by atoms with Crippen LogP contribution in [-0.4, -0.2) is 25.5 Å². The first-order valence-electron chi connectivity index (χ1n) is 6.69. The Morgan fingerprint density at radius 2 is 2.18 bits per heavy atom. The van der Waals surface area contributed by atoms with E-state index in [1.54, 1.807) is 24.3 Å². The molecule has 0 unspecified atom stereocenters. The van der Waals surface area contributed by atoms with E-state index in [0.717, 1.165) is 5.56 Å². The lowest BCUT2D eigenvalue weighted by molar-refractivity contribution is 0.352. The number of alkyl halides is 1. The molecule has 5 nitrogen and oxygen atoms in total. The summed E-state index contributed by atoms with van der Waals surface area (Å²) in [7, 11) is -3.53. The largest absolute Gasteiger partial charge is 0.356 e. The van der Waals surface area contributed by atoms with Gasteiger partial charge in [-0.1, -0.05) is 28.9 Å². The highest BCUT2D eigenvalue weighted by Gasteiger charge is 2.14. The molecular formula is C14H16ClFN2O3S. The van der Waals surface area contributed by atoms with Gasteiger partial charge in [0.05, 0.1) is 24.2 Å². The molecule has 8 heteroatoms. The molecule has 1 atom stereocenters. The van der Waals surface area contributed by atoms with Crippen molar-refractivity contribution < 1.29 is 17.3 Å². The quantitative estimate of drug-likeness (QED) is 0.835. The first-order chi connectivity index (χ1) is 10.4. The molecule has 22 heavy (non-hydrogen) atoms. The summed E-state index contributed by atoms with van der Waals surface area (Å²) in [5.74, 6) is 0.234. The number of halogens is 2. The van der Waals surface area contributed by atoms with Gasteiger partial charge in [0.15, 0.2) is 5.76 Å². The summed E-state index contributed by atoms with van der Waals surface area (Å²) in [5.41, 5.74) is 1.19. The smallest absolute Gasteiger partial charge is 0.212 e. The van der Waals surface area contributed by atoms with Crippen LogP contribution in [0.3, 0.4) is 0 Å². The normalized spacial score (nSPS) is 13.2. The fraction of sp³-hybridized carbons (Fsp3) is 0.357. The molecule has 2 aromatic rings. The molecular weight excluding hydrogens is 331 g/mol. The van der Waals surface area contributed by atoms with Crippen LogP contribution in [0.2, 0.25) is 5.02 Å². The van der Waals surface area contributed by atoms with E-state index in [-0.39, 0.29) is 18.7 Å². The minimum atomic E-state index is -3.53. The van der Waals surface area contributed by atoms with Gasteiger partial charge in [0.1, 0.15) is 0 Å². The topological polar surface area (TPSA) is 72.2 Å². The molecule has 0 spiro atoms. The highest BCUT2D eigenvalue weighted by atomic mass is 35.5. The van der Waals surface area contributed by atoms with Crippen LogP contribution in [0.15, 0.2) is 34.9 Å². The zero-order valence-corrected chi connectivity index (χ0v) is 13.5. The van der Waals surface area contributed by atoms with Gasteiger partial charge in [-0.2, -0.15) is 0 Å². The molecule has 1 aromatic carbocycles. The average Bonchev–Trinajstić information content (AvgIpc) is 2.92. The van der Waals surface area contributed by atoms with Gasteiger partial charge in [0.25, 0.3) is 0 Å². The maximum Gasteiger partial charge on any atom is 0.212 e. The first kappa shape index (κ1) is 16.9. The highest BCUT2D eigenvalue weighted by Crippen LogP contribution is 2.23. The third-order valence-corrected chi connectivity index (χ3v) is 4.52. The van der Waals surface area contributed by atoms with Crippen molar-refractivity contribution in [3.05, 3.63) is 41.0 Å². The van der Waals surface area contributed by atoms with E-state index in [4.69, 9.17) is 16.1 Å². The van der Waals surface area contributed by atoms with E-state index in [1.807, 2.05) is 6.07 Å². The maximum atomic E-state index is 12.7. The summed E-state index contributed by atoms with van der Waals surface area (Å²) in [6.45, 7) is 1.32. The van der Waals surface area contributed by atoms with Gasteiger partial charge >= 0.3 is 0 Å². The van der Waals surface area contributed by atoms with E-state index in [0.29, 0.717) is 16.5 Å². The number of benzene rings is 1. The molecule has 0 aliphatic carbocycles. The Hall–Kier alpha value is -1.44. The van der Waals surface area contributed by atoms with Crippen LogP contribution in [-0.2, 0) is 16.6 Å². The summed E-state index contributed by atoms with van der Waals surface area (Å²) in [6.07, 6.45) is -1.19. The summed E-state index contributed by atoms with van der Waals surface area (Å²) in [4.78, 5) is 0. The van der Waals surface area contributed by atoms with Crippen molar-refractivity contribution >= 4 is 21.6 Å². The lowest BCUT2D eigenvalue weighted by atomic mass is 10.1. The fourth-order valence-electron chi connectivity index (χ4n) is 1.75. The van der Waals surface area contributed by atoms with Gasteiger partial charge in [-0.25, -0.2) is 17.5 Å². The molecule has 1 N–H and O–H groups in total. The lowest BCUT2D eigenvalue weighted by Gasteiger charge is -2.05. The zero-order chi connectivity index (χ0) is 16.2. The number of nitrogens with one attached hydrogen (secondary N) is 1. The number of sulfonamides is 1. The van der Waals surface area contributed by atoms with E-state index in [2.05, 4.69) is 9.88 Å². The van der Waals surface area contributed by atoms with Crippen LogP contribution in [0, 0.1) is 0 Å². The van der Waals surface area contributed by atoms with Gasteiger partial charge < -0.3 is 4.52 Å². The van der Waals surface area contributed by atoms with Crippen molar-refractivity contribution in [1.29, 1.82) is 0 Å². The standard InChI is InChI=1S/C14H16ClFN2O3S/c1-10(16)5-6-22(19,20)17-9-13-8-14(21-18-13)11-3-2-4-12(15)7-11/h2-4,7-8,10,17H,5-6,9H2,1H3/t10-/m0/s1. The molecule has 0 aliphatic heterocycles. The number of nitrogens with zero attached hydrogens (tertiary/aromatic N) is 1. The van der Waals surface area contributed by atoms with Crippen molar-refractivity contribution in [2.75, 3.05) is 5.75 Å². The predicted octanol–water partition coefficient (Wildman–Crippen LogP) is 3.16. The molecule has 0 amide bonds. The Morgan fingerprint density at radius 3 is 2.86 bits per heavy atom. The number of hydrogen-bond donors (Lipinski definition) is 1. The van der Waals surface area contributed by atoms with Gasteiger partial charge in [-0.15, -0.1) is 0 Å². The average molecular weight is 347 g/mol. The third-order valence-electron chi connectivity index (χ3n) is 2.93. The molecule has 1 aromatic heterocycles. The molecule has 0 aliphatic rings. The molecule has 1 heterocycles. The molecule has 0 saturated carbocycles. The van der Waals surface area contributed by atoms with Crippen LogP contribution in [0.25, 0.3) is 11.3 Å². The van der Waals surface area contributed by atoms with Gasteiger partial charge in [-0.3, -0.25) is 0 Å². The Labute approximate surface area is 133 Å². The second-order valence-corrected chi connectivity index (χ2v) is 7.27. The summed E-state index contributed by atoms with van der Waals surface area (Å²) < 4.78 is 43.6. The Bertz CT molecular complexity index is 731. The van der Waals surface area contributed by atoms with E-state index in [9.17, 15) is 12.8 Å². The van der Waals surface area contributed by atoms with Crippen molar-refractivity contribution in [2.24, 2.45) is 0 Å². The van der Waals surface area contributed by atoms with Crippen LogP contribution < -0.4 is 4.72 Å². The molecule has 120 valence electrons. The van der Waals surface area contributed by atoms with Gasteiger partial charge in [-0.05, 0) is 25.5 Å². The van der Waals surface area contributed by atoms with Crippen molar-refractivity contribution in [3.8, 4) is 11.3 Å².